The second kappa shape index (κ2) is 12.2. The van der Waals surface area contributed by atoms with Gasteiger partial charge in [0.15, 0.2) is 0 Å². The maximum atomic E-state index is 14.9. The molecule has 202 valence electrons. The highest BCUT2D eigenvalue weighted by Gasteiger charge is 2.51. The van der Waals surface area contributed by atoms with E-state index in [1.807, 2.05) is 36.4 Å². The quantitative estimate of drug-likeness (QED) is 0.367. The van der Waals surface area contributed by atoms with Crippen molar-refractivity contribution < 1.29 is 19.0 Å². The van der Waals surface area contributed by atoms with E-state index in [4.69, 9.17) is 15.2 Å². The Morgan fingerprint density at radius 3 is 2.77 bits per heavy atom. The van der Waals surface area contributed by atoms with Crippen molar-refractivity contribution in [2.45, 2.75) is 36.5 Å². The van der Waals surface area contributed by atoms with E-state index in [1.54, 1.807) is 12.1 Å². The van der Waals surface area contributed by atoms with Gasteiger partial charge in [0.2, 0.25) is 0 Å². The van der Waals surface area contributed by atoms with Crippen LogP contribution >= 0.6 is 15.9 Å². The van der Waals surface area contributed by atoms with Gasteiger partial charge in [0.05, 0.1) is 37.4 Å². The summed E-state index contributed by atoms with van der Waals surface area (Å²) in [5.41, 5.74) is 7.15. The fraction of sp³-hybridized carbons (Fsp3) is 0.333. The molecule has 3 aliphatic rings. The van der Waals surface area contributed by atoms with Gasteiger partial charge in [-0.3, -0.25) is 0 Å². The van der Waals surface area contributed by atoms with E-state index in [-0.39, 0.29) is 25.7 Å². The summed E-state index contributed by atoms with van der Waals surface area (Å²) in [6.07, 6.45) is 16.4. The Hall–Kier alpha value is -2.79. The average Bonchev–Trinajstić information content (AvgIpc) is 3.28. The number of aliphatic hydroxyl groups excluding tert-OH is 1. The number of benzene rings is 2. The monoisotopic (exact) mass is 589 g/mol. The van der Waals surface area contributed by atoms with Gasteiger partial charge in [0.1, 0.15) is 11.4 Å². The van der Waals surface area contributed by atoms with Crippen LogP contribution in [0.3, 0.4) is 0 Å². The predicted molar refractivity (Wildman–Crippen MR) is 155 cm³/mol. The van der Waals surface area contributed by atoms with Crippen LogP contribution in [-0.4, -0.2) is 31.0 Å². The minimum Gasteiger partial charge on any atom is -0.396 e. The van der Waals surface area contributed by atoms with Crippen LogP contribution in [0.25, 0.3) is 0 Å². The van der Waals surface area contributed by atoms with Crippen molar-refractivity contribution >= 4 is 15.9 Å². The molecule has 6 heteroatoms. The normalized spacial score (nSPS) is 29.3. The van der Waals surface area contributed by atoms with E-state index in [0.717, 1.165) is 24.0 Å². The number of ether oxygens (including phenoxy) is 2. The molecule has 0 bridgehead atoms. The third-order valence-corrected chi connectivity index (χ3v) is 8.40. The SMILES string of the molecule is N[C@@]1(c2cc(Br)ccc2F)CO[C@H](COC(C2=CC=CCC2)(c2ccccc2)C2C#CC/C=C\C=C/2)[C@H]1CO. The molecule has 5 atom stereocenters. The summed E-state index contributed by atoms with van der Waals surface area (Å²) in [6, 6.07) is 14.8. The highest BCUT2D eigenvalue weighted by atomic mass is 79.9. The molecule has 4 nitrogen and oxygen atoms in total. The number of hydrogen-bond donors (Lipinski definition) is 2. The van der Waals surface area contributed by atoms with E-state index in [0.29, 0.717) is 16.5 Å². The summed E-state index contributed by atoms with van der Waals surface area (Å²) in [5.74, 6) is 5.50. The van der Waals surface area contributed by atoms with Gasteiger partial charge >= 0.3 is 0 Å². The number of aliphatic hydroxyl groups is 1. The molecule has 0 radical (unpaired) electrons. The van der Waals surface area contributed by atoms with Gasteiger partial charge in [-0.15, -0.1) is 0 Å². The zero-order valence-corrected chi connectivity index (χ0v) is 23.3. The molecule has 1 fully saturated rings. The van der Waals surface area contributed by atoms with Gasteiger partial charge in [-0.2, -0.15) is 0 Å². The van der Waals surface area contributed by atoms with Crippen LogP contribution in [0.4, 0.5) is 4.39 Å². The lowest BCUT2D eigenvalue weighted by atomic mass is 9.72. The van der Waals surface area contributed by atoms with Crippen LogP contribution in [0.5, 0.6) is 0 Å². The molecular weight excluding hydrogens is 557 g/mol. The molecule has 1 heterocycles. The summed E-state index contributed by atoms with van der Waals surface area (Å²) in [4.78, 5) is 0. The first-order valence-electron chi connectivity index (χ1n) is 13.3. The van der Waals surface area contributed by atoms with Crippen LogP contribution < -0.4 is 5.73 Å². The number of rotatable bonds is 8. The van der Waals surface area contributed by atoms with E-state index in [9.17, 15) is 9.50 Å². The van der Waals surface area contributed by atoms with Gasteiger partial charge in [0.25, 0.3) is 0 Å². The molecule has 2 aliphatic carbocycles. The molecule has 39 heavy (non-hydrogen) atoms. The Balaban J connectivity index is 1.54. The van der Waals surface area contributed by atoms with Crippen molar-refractivity contribution in [1.29, 1.82) is 0 Å². The zero-order chi connectivity index (χ0) is 27.3. The maximum absolute atomic E-state index is 14.9. The molecule has 1 saturated heterocycles. The summed E-state index contributed by atoms with van der Waals surface area (Å²) < 4.78 is 28.9. The molecule has 5 rings (SSSR count). The van der Waals surface area contributed by atoms with Crippen LogP contribution in [0, 0.1) is 29.5 Å². The lowest BCUT2D eigenvalue weighted by molar-refractivity contribution is -0.0917. The molecule has 2 unspecified atom stereocenters. The van der Waals surface area contributed by atoms with Crippen molar-refractivity contribution in [2.75, 3.05) is 19.8 Å². The third-order valence-electron chi connectivity index (χ3n) is 7.91. The first-order valence-corrected chi connectivity index (χ1v) is 14.1. The molecule has 0 saturated carbocycles. The Bertz CT molecular complexity index is 1360. The number of allylic oxidation sites excluding steroid dienone is 6. The smallest absolute Gasteiger partial charge is 0.132 e. The topological polar surface area (TPSA) is 64.7 Å². The van der Waals surface area contributed by atoms with Gasteiger partial charge < -0.3 is 20.3 Å². The molecule has 0 aromatic heterocycles. The molecule has 2 aromatic carbocycles. The fourth-order valence-electron chi connectivity index (χ4n) is 5.85. The molecule has 1 aliphatic heterocycles. The predicted octanol–water partition coefficient (Wildman–Crippen LogP) is 6.07. The Labute approximate surface area is 238 Å². The average molecular weight is 591 g/mol. The molecule has 2 aromatic rings. The Morgan fingerprint density at radius 2 is 2.00 bits per heavy atom. The van der Waals surface area contributed by atoms with E-state index < -0.39 is 29.0 Å². The lowest BCUT2D eigenvalue weighted by Gasteiger charge is -2.42. The van der Waals surface area contributed by atoms with Crippen LogP contribution in [-0.2, 0) is 20.6 Å². The molecule has 0 amide bonds. The van der Waals surface area contributed by atoms with Crippen LogP contribution in [0.1, 0.15) is 30.4 Å². The maximum Gasteiger partial charge on any atom is 0.132 e. The van der Waals surface area contributed by atoms with Crippen molar-refractivity contribution in [2.24, 2.45) is 17.6 Å². The Kier molecular flexibility index (Phi) is 8.66. The minimum absolute atomic E-state index is 0.0668. The number of nitrogens with two attached hydrogens (primary N) is 1. The first kappa shape index (κ1) is 27.8. The lowest BCUT2D eigenvalue weighted by Crippen LogP contribution is -2.49. The summed E-state index contributed by atoms with van der Waals surface area (Å²) >= 11 is 3.42. The van der Waals surface area contributed by atoms with Crippen molar-refractivity contribution in [3.05, 3.63) is 118 Å². The summed E-state index contributed by atoms with van der Waals surface area (Å²) in [5, 5.41) is 10.5. The van der Waals surface area contributed by atoms with Crippen LogP contribution in [0.2, 0.25) is 0 Å². The zero-order valence-electron chi connectivity index (χ0n) is 21.7. The van der Waals surface area contributed by atoms with Crippen molar-refractivity contribution in [3.63, 3.8) is 0 Å². The third kappa shape index (κ3) is 5.48. The van der Waals surface area contributed by atoms with Gasteiger partial charge in [-0.1, -0.05) is 101 Å². The van der Waals surface area contributed by atoms with Gasteiger partial charge in [0, 0.05) is 22.4 Å². The van der Waals surface area contributed by atoms with Crippen LogP contribution in [0.15, 0.2) is 101 Å². The highest BCUT2D eigenvalue weighted by molar-refractivity contribution is 9.10. The second-order valence-corrected chi connectivity index (χ2v) is 11.1. The minimum atomic E-state index is -1.20. The van der Waals surface area contributed by atoms with E-state index in [2.05, 4.69) is 64.2 Å². The summed E-state index contributed by atoms with van der Waals surface area (Å²) in [7, 11) is 0. The Morgan fingerprint density at radius 1 is 1.15 bits per heavy atom. The number of halogens is 2. The first-order chi connectivity index (χ1) is 19.0. The molecule has 0 spiro atoms. The van der Waals surface area contributed by atoms with E-state index in [1.165, 1.54) is 6.07 Å². The molecular formula is C33H33BrFNO3. The standard InChI is InChI=1S/C33H33BrFNO3/c34-27-18-19-30(35)28(20-27)32(36)23-38-31(29(32)21-37)22-39-33(25-14-8-4-9-15-25,26-16-10-5-11-17-26)24-12-6-2-1-3-7-13-24/h1-2,4-6,8-10,12,14-16,18-20,24,29,31,37H,3,11,17,21-23,36H2/b2-1-,12-6-/t24?,29-,31-,32-,33?/m1/s1. The van der Waals surface area contributed by atoms with Gasteiger partial charge in [-0.25, -0.2) is 4.39 Å². The fourth-order valence-corrected chi connectivity index (χ4v) is 6.21. The van der Waals surface area contributed by atoms with Crippen molar-refractivity contribution in [1.82, 2.24) is 0 Å². The van der Waals surface area contributed by atoms with E-state index >= 15 is 0 Å². The second-order valence-electron chi connectivity index (χ2n) is 10.2. The largest absolute Gasteiger partial charge is 0.396 e. The number of hydrogen-bond acceptors (Lipinski definition) is 4. The van der Waals surface area contributed by atoms with Gasteiger partial charge in [-0.05, 0) is 42.2 Å². The highest BCUT2D eigenvalue weighted by Crippen LogP contribution is 2.46. The molecule has 3 N–H and O–H groups in total. The van der Waals surface area contributed by atoms with Crippen molar-refractivity contribution in [3.8, 4) is 11.8 Å². The summed E-state index contributed by atoms with van der Waals surface area (Å²) in [6.45, 7) is -0.0525.